The van der Waals surface area contributed by atoms with Crippen LogP contribution in [0.4, 0.5) is 0 Å². The average molecular weight is 413 g/mol. The molecule has 1 aromatic rings. The molecule has 29 heavy (non-hydrogen) atoms. The van der Waals surface area contributed by atoms with Crippen LogP contribution in [0.2, 0.25) is 0 Å². The smallest absolute Gasteiger partial charge is 0.227 e. The Morgan fingerprint density at radius 2 is 2.00 bits per heavy atom. The minimum absolute atomic E-state index is 0.109. The molecule has 4 unspecified atom stereocenters. The molecule has 4 saturated carbocycles. The first-order valence-electron chi connectivity index (χ1n) is 11.5. The molecule has 2 N–H and O–H groups in total. The zero-order valence-corrected chi connectivity index (χ0v) is 18.4. The van der Waals surface area contributed by atoms with Crippen LogP contribution in [0.25, 0.3) is 0 Å². The van der Waals surface area contributed by atoms with E-state index in [-0.39, 0.29) is 27.7 Å². The molecule has 3 nitrogen and oxygen atoms in total. The monoisotopic (exact) mass is 412 g/mol. The van der Waals surface area contributed by atoms with Crippen molar-refractivity contribution in [1.82, 2.24) is 10.6 Å². The van der Waals surface area contributed by atoms with Gasteiger partial charge in [0.25, 0.3) is 0 Å². The van der Waals surface area contributed by atoms with E-state index in [0.29, 0.717) is 11.3 Å². The van der Waals surface area contributed by atoms with E-state index < -0.39 is 0 Å². The molecule has 6 rings (SSSR count). The van der Waals surface area contributed by atoms with Gasteiger partial charge in [-0.15, -0.1) is 11.6 Å². The Kier molecular flexibility index (Phi) is 3.60. The van der Waals surface area contributed by atoms with Crippen molar-refractivity contribution in [1.29, 1.82) is 0 Å². The van der Waals surface area contributed by atoms with Crippen LogP contribution in [-0.2, 0) is 10.2 Å². The first kappa shape index (κ1) is 18.7. The molecule has 1 amide bonds. The minimum Gasteiger partial charge on any atom is -0.352 e. The topological polar surface area (TPSA) is 41.1 Å². The van der Waals surface area contributed by atoms with Gasteiger partial charge in [0.15, 0.2) is 0 Å². The largest absolute Gasteiger partial charge is 0.352 e. The Bertz CT molecular complexity index is 867. The molecular formula is C25H33ClN2O. The Morgan fingerprint density at radius 3 is 2.69 bits per heavy atom. The Labute approximate surface area is 179 Å². The third-order valence-electron chi connectivity index (χ3n) is 10.2. The SMILES string of the molecule is CC1(C)CNCCC1NC(=O)C12CC3C[C@]4(CCCl)C[C@@](c5ccccc5)(C1)C324. The molecule has 0 aromatic heterocycles. The molecule has 0 radical (unpaired) electrons. The molecule has 1 aromatic carbocycles. The lowest BCUT2D eigenvalue weighted by atomic mass is 9.03. The van der Waals surface area contributed by atoms with E-state index >= 15 is 0 Å². The molecule has 6 atom stereocenters. The summed E-state index contributed by atoms with van der Waals surface area (Å²) in [5, 5.41) is 7.06. The Morgan fingerprint density at radius 1 is 1.21 bits per heavy atom. The van der Waals surface area contributed by atoms with Crippen molar-refractivity contribution in [3.63, 3.8) is 0 Å². The summed E-state index contributed by atoms with van der Waals surface area (Å²) in [6.07, 6.45) is 6.78. The summed E-state index contributed by atoms with van der Waals surface area (Å²) in [4.78, 5) is 13.9. The van der Waals surface area contributed by atoms with Crippen molar-refractivity contribution in [2.45, 2.75) is 63.8 Å². The van der Waals surface area contributed by atoms with Crippen molar-refractivity contribution in [3.8, 4) is 0 Å². The number of rotatable bonds is 5. The maximum absolute atomic E-state index is 13.9. The van der Waals surface area contributed by atoms with Crippen LogP contribution in [0, 0.1) is 27.6 Å². The summed E-state index contributed by atoms with van der Waals surface area (Å²) in [5.74, 6) is 1.80. The highest BCUT2D eigenvalue weighted by Crippen LogP contribution is 3.02. The van der Waals surface area contributed by atoms with Gasteiger partial charge in [-0.25, -0.2) is 0 Å². The lowest BCUT2D eigenvalue weighted by Gasteiger charge is -2.99. The Balaban J connectivity index is 1.34. The number of carbonyl (C=O) groups excluding carboxylic acids is 1. The van der Waals surface area contributed by atoms with Gasteiger partial charge in [-0.05, 0) is 67.4 Å². The molecule has 4 aliphatic carbocycles. The number of alkyl halides is 1. The van der Waals surface area contributed by atoms with Crippen molar-refractivity contribution in [2.24, 2.45) is 27.6 Å². The number of benzene rings is 1. The maximum atomic E-state index is 13.9. The van der Waals surface area contributed by atoms with E-state index in [9.17, 15) is 4.79 Å². The van der Waals surface area contributed by atoms with Crippen LogP contribution in [0.15, 0.2) is 30.3 Å². The molecule has 4 heteroatoms. The predicted octanol–water partition coefficient (Wildman–Crippen LogP) is 4.25. The lowest BCUT2D eigenvalue weighted by molar-refractivity contribution is -0.477. The number of carbonyl (C=O) groups is 1. The van der Waals surface area contributed by atoms with Crippen LogP contribution in [0.1, 0.15) is 57.9 Å². The zero-order chi connectivity index (χ0) is 20.1. The van der Waals surface area contributed by atoms with E-state index in [1.54, 1.807) is 0 Å². The highest BCUT2D eigenvalue weighted by Gasteiger charge is 3.00. The molecule has 1 spiro atoms. The van der Waals surface area contributed by atoms with E-state index in [1.807, 2.05) is 0 Å². The first-order chi connectivity index (χ1) is 13.9. The molecule has 1 heterocycles. The highest BCUT2D eigenvalue weighted by atomic mass is 35.5. The van der Waals surface area contributed by atoms with Crippen molar-refractivity contribution >= 4 is 17.5 Å². The van der Waals surface area contributed by atoms with Gasteiger partial charge in [0, 0.05) is 29.3 Å². The van der Waals surface area contributed by atoms with Gasteiger partial charge in [0.1, 0.15) is 0 Å². The minimum atomic E-state index is -0.142. The maximum Gasteiger partial charge on any atom is 0.227 e. The van der Waals surface area contributed by atoms with Crippen LogP contribution in [0.3, 0.4) is 0 Å². The molecule has 5 fully saturated rings. The van der Waals surface area contributed by atoms with Gasteiger partial charge in [-0.1, -0.05) is 44.2 Å². The standard InChI is InChI=1S/C25H33ClN2O/c1-21(2)16-27-11-8-19(21)28-20(29)23-13-18-12-22(9-10-26)14-24(15-23,25(18,22)23)17-6-4-3-5-7-17/h3-7,18-19,27H,8-16H2,1-2H3,(H,28,29)/t18?,19?,22-,23?,24+,25?/m1/s1. The summed E-state index contributed by atoms with van der Waals surface area (Å²) in [5.41, 5.74) is 2.16. The molecule has 1 aliphatic heterocycles. The first-order valence-corrected chi connectivity index (χ1v) is 12.0. The zero-order valence-electron chi connectivity index (χ0n) is 17.7. The second-order valence-corrected chi connectivity index (χ2v) is 11.9. The molecule has 5 aliphatic rings. The Hall–Kier alpha value is -1.06. The third-order valence-corrected chi connectivity index (χ3v) is 10.4. The quantitative estimate of drug-likeness (QED) is 0.710. The van der Waals surface area contributed by atoms with Crippen molar-refractivity contribution in [2.75, 3.05) is 19.0 Å². The van der Waals surface area contributed by atoms with Crippen LogP contribution in [-0.4, -0.2) is 30.9 Å². The predicted molar refractivity (Wildman–Crippen MR) is 116 cm³/mol. The van der Waals surface area contributed by atoms with E-state index in [4.69, 9.17) is 11.6 Å². The van der Waals surface area contributed by atoms with E-state index in [1.165, 1.54) is 18.4 Å². The number of nitrogens with one attached hydrogen (secondary N) is 2. The van der Waals surface area contributed by atoms with Gasteiger partial charge in [0.2, 0.25) is 5.91 Å². The number of hydrogen-bond donors (Lipinski definition) is 2. The van der Waals surface area contributed by atoms with Crippen LogP contribution in [0.5, 0.6) is 0 Å². The fourth-order valence-corrected chi connectivity index (χ4v) is 9.87. The van der Waals surface area contributed by atoms with Gasteiger partial charge >= 0.3 is 0 Å². The van der Waals surface area contributed by atoms with Crippen molar-refractivity contribution in [3.05, 3.63) is 35.9 Å². The van der Waals surface area contributed by atoms with Crippen molar-refractivity contribution < 1.29 is 4.79 Å². The van der Waals surface area contributed by atoms with Gasteiger partial charge in [-0.2, -0.15) is 0 Å². The number of hydrogen-bond acceptors (Lipinski definition) is 2. The van der Waals surface area contributed by atoms with Crippen LogP contribution >= 0.6 is 11.6 Å². The molecule has 0 bridgehead atoms. The van der Waals surface area contributed by atoms with Gasteiger partial charge < -0.3 is 10.6 Å². The summed E-state index contributed by atoms with van der Waals surface area (Å²) in [6.45, 7) is 6.54. The summed E-state index contributed by atoms with van der Waals surface area (Å²) < 4.78 is 0. The number of amides is 1. The summed E-state index contributed by atoms with van der Waals surface area (Å²) in [7, 11) is 0. The average Bonchev–Trinajstić information content (AvgIpc) is 2.64. The van der Waals surface area contributed by atoms with E-state index in [2.05, 4.69) is 54.8 Å². The molecular weight excluding hydrogens is 380 g/mol. The normalized spacial score (nSPS) is 48.0. The number of halogens is 1. The molecule has 1 saturated heterocycles. The number of piperidine rings is 1. The van der Waals surface area contributed by atoms with Gasteiger partial charge in [-0.3, -0.25) is 4.79 Å². The third kappa shape index (κ3) is 1.82. The fraction of sp³-hybridized carbons (Fsp3) is 0.720. The van der Waals surface area contributed by atoms with Crippen LogP contribution < -0.4 is 10.6 Å². The second kappa shape index (κ2) is 5.59. The van der Waals surface area contributed by atoms with Gasteiger partial charge in [0.05, 0.1) is 5.41 Å². The second-order valence-electron chi connectivity index (χ2n) is 11.5. The van der Waals surface area contributed by atoms with E-state index in [0.717, 1.165) is 50.6 Å². The lowest BCUT2D eigenvalue weighted by Crippen LogP contribution is -2.98. The summed E-state index contributed by atoms with van der Waals surface area (Å²) in [6, 6.07) is 11.4. The summed E-state index contributed by atoms with van der Waals surface area (Å²) >= 11 is 6.30. The highest BCUT2D eigenvalue weighted by molar-refractivity contribution is 6.17. The fourth-order valence-electron chi connectivity index (χ4n) is 9.51. The molecule has 156 valence electrons.